The molecule has 0 bridgehead atoms. The first-order valence-electron chi connectivity index (χ1n) is 10.1. The minimum absolute atomic E-state index is 0.0115. The van der Waals surface area contributed by atoms with Crippen molar-refractivity contribution in [2.45, 2.75) is 36.5 Å². The summed E-state index contributed by atoms with van der Waals surface area (Å²) in [5.74, 6) is -0.177. The number of hydrogen-bond acceptors (Lipinski definition) is 4. The molecule has 0 aliphatic rings. The number of nitrogens with one attached hydrogen (secondary N) is 2. The SMILES string of the molecule is Cc1cccc(C(C)C)c1NC(=O)/C(C#N)=C\Nc1ccccc1Sc1ccccc1. The number of benzene rings is 3. The first kappa shape index (κ1) is 22.2. The number of hydrogen-bond donors (Lipinski definition) is 2. The molecule has 0 aliphatic heterocycles. The molecule has 3 aromatic rings. The van der Waals surface area contributed by atoms with Gasteiger partial charge in [0, 0.05) is 21.7 Å². The Morgan fingerprint density at radius 3 is 2.42 bits per heavy atom. The number of aryl methyl sites for hydroxylation is 1. The molecule has 5 heteroatoms. The fraction of sp³-hybridized carbons (Fsp3) is 0.154. The van der Waals surface area contributed by atoms with Gasteiger partial charge in [-0.05, 0) is 48.2 Å². The highest BCUT2D eigenvalue weighted by molar-refractivity contribution is 7.99. The molecule has 31 heavy (non-hydrogen) atoms. The molecule has 0 radical (unpaired) electrons. The van der Waals surface area contributed by atoms with Crippen molar-refractivity contribution in [3.63, 3.8) is 0 Å². The van der Waals surface area contributed by atoms with Gasteiger partial charge in [-0.15, -0.1) is 0 Å². The highest BCUT2D eigenvalue weighted by Crippen LogP contribution is 2.33. The van der Waals surface area contributed by atoms with E-state index in [1.807, 2.05) is 85.8 Å². The van der Waals surface area contributed by atoms with Crippen LogP contribution in [0, 0.1) is 18.3 Å². The van der Waals surface area contributed by atoms with Gasteiger partial charge in [0.1, 0.15) is 11.6 Å². The number of amides is 1. The smallest absolute Gasteiger partial charge is 0.267 e. The summed E-state index contributed by atoms with van der Waals surface area (Å²) in [6, 6.07) is 25.8. The lowest BCUT2D eigenvalue weighted by Crippen LogP contribution is -2.17. The maximum absolute atomic E-state index is 12.8. The highest BCUT2D eigenvalue weighted by Gasteiger charge is 2.15. The van der Waals surface area contributed by atoms with Gasteiger partial charge < -0.3 is 10.6 Å². The van der Waals surface area contributed by atoms with Crippen molar-refractivity contribution >= 4 is 29.0 Å². The third kappa shape index (κ3) is 5.78. The van der Waals surface area contributed by atoms with Gasteiger partial charge in [0.2, 0.25) is 0 Å². The molecular weight excluding hydrogens is 402 g/mol. The third-order valence-electron chi connectivity index (χ3n) is 4.76. The zero-order valence-corrected chi connectivity index (χ0v) is 18.7. The molecule has 1 amide bonds. The van der Waals surface area contributed by atoms with Crippen molar-refractivity contribution in [1.29, 1.82) is 5.26 Å². The molecule has 3 rings (SSSR count). The van der Waals surface area contributed by atoms with Crippen LogP contribution >= 0.6 is 11.8 Å². The first-order valence-corrected chi connectivity index (χ1v) is 10.9. The van der Waals surface area contributed by atoms with Gasteiger partial charge in [-0.1, -0.05) is 74.1 Å². The maximum atomic E-state index is 12.8. The quantitative estimate of drug-likeness (QED) is 0.324. The minimum Gasteiger partial charge on any atom is -0.359 e. The van der Waals surface area contributed by atoms with Crippen molar-refractivity contribution in [3.8, 4) is 6.07 Å². The zero-order valence-electron chi connectivity index (χ0n) is 17.8. The summed E-state index contributed by atoms with van der Waals surface area (Å²) in [5, 5.41) is 15.6. The molecular formula is C26H25N3OS. The van der Waals surface area contributed by atoms with E-state index in [9.17, 15) is 10.1 Å². The Morgan fingerprint density at radius 2 is 1.71 bits per heavy atom. The highest BCUT2D eigenvalue weighted by atomic mass is 32.2. The average molecular weight is 428 g/mol. The van der Waals surface area contributed by atoms with Gasteiger partial charge in [-0.2, -0.15) is 5.26 Å². The van der Waals surface area contributed by atoms with E-state index in [0.29, 0.717) is 0 Å². The number of nitriles is 1. The monoisotopic (exact) mass is 427 g/mol. The van der Waals surface area contributed by atoms with E-state index in [0.717, 1.165) is 32.3 Å². The van der Waals surface area contributed by atoms with Crippen LogP contribution in [0.15, 0.2) is 94.4 Å². The zero-order chi connectivity index (χ0) is 22.2. The lowest BCUT2D eigenvalue weighted by molar-refractivity contribution is -0.112. The van der Waals surface area contributed by atoms with Crippen LogP contribution in [0.25, 0.3) is 0 Å². The van der Waals surface area contributed by atoms with Crippen LogP contribution in [0.1, 0.15) is 30.9 Å². The summed E-state index contributed by atoms with van der Waals surface area (Å²) < 4.78 is 0. The maximum Gasteiger partial charge on any atom is 0.267 e. The summed E-state index contributed by atoms with van der Waals surface area (Å²) in [6.45, 7) is 6.11. The van der Waals surface area contributed by atoms with Crippen LogP contribution in [0.4, 0.5) is 11.4 Å². The van der Waals surface area contributed by atoms with E-state index in [1.165, 1.54) is 6.20 Å². The molecule has 0 heterocycles. The van der Waals surface area contributed by atoms with E-state index in [-0.39, 0.29) is 11.5 Å². The van der Waals surface area contributed by atoms with Crippen LogP contribution in [0.3, 0.4) is 0 Å². The molecule has 0 saturated carbocycles. The van der Waals surface area contributed by atoms with Crippen LogP contribution in [-0.2, 0) is 4.79 Å². The van der Waals surface area contributed by atoms with Crippen molar-refractivity contribution in [3.05, 3.63) is 95.7 Å². The Bertz CT molecular complexity index is 1130. The minimum atomic E-state index is -0.431. The van der Waals surface area contributed by atoms with E-state index in [4.69, 9.17) is 0 Å². The van der Waals surface area contributed by atoms with E-state index in [1.54, 1.807) is 11.8 Å². The summed E-state index contributed by atoms with van der Waals surface area (Å²) in [5.41, 5.74) is 3.62. The molecule has 0 unspecified atom stereocenters. The molecule has 0 aromatic heterocycles. The summed E-state index contributed by atoms with van der Waals surface area (Å²) >= 11 is 1.62. The van der Waals surface area contributed by atoms with Gasteiger partial charge in [-0.25, -0.2) is 0 Å². The van der Waals surface area contributed by atoms with Gasteiger partial charge in [0.15, 0.2) is 0 Å². The van der Waals surface area contributed by atoms with Gasteiger partial charge in [0.05, 0.1) is 5.69 Å². The first-order chi connectivity index (χ1) is 15.0. The average Bonchev–Trinajstić information content (AvgIpc) is 2.77. The number of rotatable bonds is 7. The van der Waals surface area contributed by atoms with Crippen molar-refractivity contribution in [2.75, 3.05) is 10.6 Å². The second-order valence-corrected chi connectivity index (χ2v) is 8.49. The Hall–Kier alpha value is -3.49. The number of nitrogens with zero attached hydrogens (tertiary/aromatic N) is 1. The Labute approximate surface area is 188 Å². The number of carbonyl (C=O) groups excluding carboxylic acids is 1. The summed E-state index contributed by atoms with van der Waals surface area (Å²) in [7, 11) is 0. The molecule has 0 spiro atoms. The Balaban J connectivity index is 1.80. The normalized spacial score (nSPS) is 11.1. The fourth-order valence-electron chi connectivity index (χ4n) is 3.11. The second-order valence-electron chi connectivity index (χ2n) is 7.37. The third-order valence-corrected chi connectivity index (χ3v) is 5.84. The molecule has 0 fully saturated rings. The van der Waals surface area contributed by atoms with Crippen LogP contribution in [0.5, 0.6) is 0 Å². The molecule has 0 aliphatic carbocycles. The molecule has 2 N–H and O–H groups in total. The summed E-state index contributed by atoms with van der Waals surface area (Å²) in [6.07, 6.45) is 1.47. The Morgan fingerprint density at radius 1 is 1.00 bits per heavy atom. The van der Waals surface area contributed by atoms with Gasteiger partial charge >= 0.3 is 0 Å². The van der Waals surface area contributed by atoms with Crippen LogP contribution in [0.2, 0.25) is 0 Å². The lowest BCUT2D eigenvalue weighted by atomic mass is 9.98. The van der Waals surface area contributed by atoms with Gasteiger partial charge in [-0.3, -0.25) is 4.79 Å². The molecule has 3 aromatic carbocycles. The fourth-order valence-corrected chi connectivity index (χ4v) is 4.04. The molecule has 4 nitrogen and oxygen atoms in total. The Kier molecular flexibility index (Phi) is 7.53. The topological polar surface area (TPSA) is 64.9 Å². The molecule has 0 saturated heterocycles. The number of para-hydroxylation sites is 2. The largest absolute Gasteiger partial charge is 0.359 e. The predicted octanol–water partition coefficient (Wildman–Crippen LogP) is 6.73. The number of carbonyl (C=O) groups is 1. The molecule has 156 valence electrons. The van der Waals surface area contributed by atoms with E-state index >= 15 is 0 Å². The standard InChI is InChI=1S/C26H25N3OS/c1-18(2)22-13-9-10-19(3)25(22)29-26(30)20(16-27)17-28-23-14-7-8-15-24(23)31-21-11-5-4-6-12-21/h4-15,17-18,28H,1-3H3,(H,29,30)/b20-17-. The van der Waals surface area contributed by atoms with Crippen LogP contribution in [-0.4, -0.2) is 5.91 Å². The van der Waals surface area contributed by atoms with Crippen LogP contribution < -0.4 is 10.6 Å². The predicted molar refractivity (Wildman–Crippen MR) is 128 cm³/mol. The molecule has 0 atom stereocenters. The second kappa shape index (κ2) is 10.5. The van der Waals surface area contributed by atoms with E-state index in [2.05, 4.69) is 24.5 Å². The van der Waals surface area contributed by atoms with E-state index < -0.39 is 5.91 Å². The number of anilines is 2. The van der Waals surface area contributed by atoms with Crippen molar-refractivity contribution in [2.24, 2.45) is 0 Å². The van der Waals surface area contributed by atoms with Crippen molar-refractivity contribution in [1.82, 2.24) is 0 Å². The summed E-state index contributed by atoms with van der Waals surface area (Å²) in [4.78, 5) is 14.9. The van der Waals surface area contributed by atoms with Gasteiger partial charge in [0.25, 0.3) is 5.91 Å². The lowest BCUT2D eigenvalue weighted by Gasteiger charge is -2.16. The van der Waals surface area contributed by atoms with Crippen molar-refractivity contribution < 1.29 is 4.79 Å².